The Balaban J connectivity index is 2.21. The van der Waals surface area contributed by atoms with Crippen molar-refractivity contribution in [2.75, 3.05) is 13.6 Å². The maximum absolute atomic E-state index is 12.3. The summed E-state index contributed by atoms with van der Waals surface area (Å²) in [6.07, 6.45) is 0.471. The van der Waals surface area contributed by atoms with Crippen LogP contribution in [0.2, 0.25) is 0 Å². The van der Waals surface area contributed by atoms with E-state index in [0.29, 0.717) is 12.3 Å². The van der Waals surface area contributed by atoms with Gasteiger partial charge in [-0.25, -0.2) is 0 Å². The third-order valence-electron chi connectivity index (χ3n) is 3.42. The molecule has 1 amide bonds. The number of H-pyrrole nitrogens is 1. The van der Waals surface area contributed by atoms with Crippen molar-refractivity contribution in [1.29, 1.82) is 0 Å². The highest BCUT2D eigenvalue weighted by atomic mass is 16.2. The smallest absolute Gasteiger partial charge is 0.226 e. The zero-order valence-corrected chi connectivity index (χ0v) is 12.2. The fourth-order valence-electron chi connectivity index (χ4n) is 2.50. The Kier molecular flexibility index (Phi) is 3.93. The first-order chi connectivity index (χ1) is 8.99. The van der Waals surface area contributed by atoms with Crippen LogP contribution in [0.25, 0.3) is 10.9 Å². The average molecular weight is 258 g/mol. The SMILES string of the molecule is Cc1[nH]c2ccccc2c1CC(=O)N(C)CC(C)C. The molecule has 1 aromatic heterocycles. The number of rotatable bonds is 4. The molecule has 0 fully saturated rings. The highest BCUT2D eigenvalue weighted by Gasteiger charge is 2.15. The van der Waals surface area contributed by atoms with Crippen LogP contribution in [0.5, 0.6) is 0 Å². The van der Waals surface area contributed by atoms with Crippen LogP contribution in [0.1, 0.15) is 25.1 Å². The fourth-order valence-corrected chi connectivity index (χ4v) is 2.50. The summed E-state index contributed by atoms with van der Waals surface area (Å²) in [6.45, 7) is 7.09. The Hall–Kier alpha value is -1.77. The van der Waals surface area contributed by atoms with Gasteiger partial charge in [0.25, 0.3) is 0 Å². The molecule has 1 aromatic carbocycles. The molecule has 0 saturated heterocycles. The summed E-state index contributed by atoms with van der Waals surface area (Å²) in [7, 11) is 1.88. The molecule has 1 N–H and O–H groups in total. The van der Waals surface area contributed by atoms with Gasteiger partial charge in [0.1, 0.15) is 0 Å². The maximum Gasteiger partial charge on any atom is 0.226 e. The van der Waals surface area contributed by atoms with Crippen LogP contribution in [-0.4, -0.2) is 29.4 Å². The molecule has 0 atom stereocenters. The van der Waals surface area contributed by atoms with Crippen LogP contribution in [0.4, 0.5) is 0 Å². The second-order valence-corrected chi connectivity index (χ2v) is 5.62. The van der Waals surface area contributed by atoms with E-state index in [1.165, 1.54) is 0 Å². The molecule has 0 aliphatic heterocycles. The number of carbonyl (C=O) groups excluding carboxylic acids is 1. The zero-order valence-electron chi connectivity index (χ0n) is 12.2. The van der Waals surface area contributed by atoms with E-state index in [4.69, 9.17) is 0 Å². The predicted octanol–water partition coefficient (Wildman–Crippen LogP) is 3.13. The number of nitrogens with zero attached hydrogens (tertiary/aromatic N) is 1. The van der Waals surface area contributed by atoms with Gasteiger partial charge in [-0.1, -0.05) is 32.0 Å². The summed E-state index contributed by atoms with van der Waals surface area (Å²) in [5.74, 6) is 0.680. The van der Waals surface area contributed by atoms with Gasteiger partial charge in [0.05, 0.1) is 6.42 Å². The number of carbonyl (C=O) groups is 1. The van der Waals surface area contributed by atoms with Crippen molar-refractivity contribution in [2.45, 2.75) is 27.2 Å². The Labute approximate surface area is 114 Å². The molecular formula is C16H22N2O. The van der Waals surface area contributed by atoms with E-state index < -0.39 is 0 Å². The second-order valence-electron chi connectivity index (χ2n) is 5.62. The van der Waals surface area contributed by atoms with Gasteiger partial charge in [-0.15, -0.1) is 0 Å². The molecule has 1 heterocycles. The minimum absolute atomic E-state index is 0.182. The van der Waals surface area contributed by atoms with E-state index in [0.717, 1.165) is 28.7 Å². The maximum atomic E-state index is 12.3. The number of aromatic nitrogens is 1. The lowest BCUT2D eigenvalue weighted by Gasteiger charge is -2.19. The van der Waals surface area contributed by atoms with Crippen LogP contribution in [-0.2, 0) is 11.2 Å². The van der Waals surface area contributed by atoms with E-state index in [9.17, 15) is 4.79 Å². The first kappa shape index (κ1) is 13.7. The monoisotopic (exact) mass is 258 g/mol. The van der Waals surface area contributed by atoms with Crippen molar-refractivity contribution in [1.82, 2.24) is 9.88 Å². The largest absolute Gasteiger partial charge is 0.358 e. The van der Waals surface area contributed by atoms with Gasteiger partial charge < -0.3 is 9.88 Å². The number of nitrogens with one attached hydrogen (secondary N) is 1. The predicted molar refractivity (Wildman–Crippen MR) is 79.2 cm³/mol. The van der Waals surface area contributed by atoms with E-state index in [-0.39, 0.29) is 5.91 Å². The molecule has 0 bridgehead atoms. The zero-order chi connectivity index (χ0) is 14.0. The number of aromatic amines is 1. The van der Waals surface area contributed by atoms with Crippen molar-refractivity contribution >= 4 is 16.8 Å². The van der Waals surface area contributed by atoms with E-state index >= 15 is 0 Å². The number of hydrogen-bond acceptors (Lipinski definition) is 1. The Morgan fingerprint density at radius 2 is 2.00 bits per heavy atom. The summed E-state index contributed by atoms with van der Waals surface area (Å²) in [6, 6.07) is 8.15. The number of hydrogen-bond donors (Lipinski definition) is 1. The molecule has 0 spiro atoms. The van der Waals surface area contributed by atoms with Crippen LogP contribution in [0.15, 0.2) is 24.3 Å². The summed E-state index contributed by atoms with van der Waals surface area (Å²) in [5, 5.41) is 1.16. The number of benzene rings is 1. The lowest BCUT2D eigenvalue weighted by Crippen LogP contribution is -2.31. The number of aryl methyl sites for hydroxylation is 1. The second kappa shape index (κ2) is 5.47. The fraction of sp³-hybridized carbons (Fsp3) is 0.438. The highest BCUT2D eigenvalue weighted by molar-refractivity contribution is 5.90. The van der Waals surface area contributed by atoms with Crippen LogP contribution >= 0.6 is 0 Å². The summed E-state index contributed by atoms with van der Waals surface area (Å²) >= 11 is 0. The summed E-state index contributed by atoms with van der Waals surface area (Å²) in [4.78, 5) is 17.4. The van der Waals surface area contributed by atoms with Crippen molar-refractivity contribution in [3.63, 3.8) is 0 Å². The topological polar surface area (TPSA) is 36.1 Å². The molecule has 0 aliphatic carbocycles. The van der Waals surface area contributed by atoms with E-state index in [1.807, 2.05) is 37.1 Å². The van der Waals surface area contributed by atoms with E-state index in [2.05, 4.69) is 24.9 Å². The Bertz CT molecular complexity index is 583. The number of amides is 1. The van der Waals surface area contributed by atoms with Gasteiger partial charge in [0.15, 0.2) is 0 Å². The molecule has 0 unspecified atom stereocenters. The normalized spacial score (nSPS) is 11.2. The molecule has 19 heavy (non-hydrogen) atoms. The minimum atomic E-state index is 0.182. The molecule has 0 aliphatic rings. The van der Waals surface area contributed by atoms with Gasteiger partial charge in [-0.2, -0.15) is 0 Å². The van der Waals surface area contributed by atoms with Crippen molar-refractivity contribution < 1.29 is 4.79 Å². The molecule has 0 saturated carbocycles. The first-order valence-electron chi connectivity index (χ1n) is 6.79. The van der Waals surface area contributed by atoms with Gasteiger partial charge in [-0.3, -0.25) is 4.79 Å². The van der Waals surface area contributed by atoms with E-state index in [1.54, 1.807) is 0 Å². The standard InChI is InChI=1S/C16H22N2O/c1-11(2)10-18(4)16(19)9-14-12(3)17-15-8-6-5-7-13(14)15/h5-8,11,17H,9-10H2,1-4H3. The van der Waals surface area contributed by atoms with Crippen molar-refractivity contribution in [3.05, 3.63) is 35.5 Å². The molecule has 102 valence electrons. The van der Waals surface area contributed by atoms with Gasteiger partial charge in [0.2, 0.25) is 5.91 Å². The number of likely N-dealkylation sites (N-methyl/N-ethyl adjacent to an activating group) is 1. The average Bonchev–Trinajstić information content (AvgIpc) is 2.65. The molecule has 2 aromatic rings. The third kappa shape index (κ3) is 2.98. The summed E-state index contributed by atoms with van der Waals surface area (Å²) < 4.78 is 0. The Morgan fingerprint density at radius 1 is 1.32 bits per heavy atom. The molecule has 2 rings (SSSR count). The van der Waals surface area contributed by atoms with Crippen LogP contribution < -0.4 is 0 Å². The Morgan fingerprint density at radius 3 is 2.68 bits per heavy atom. The third-order valence-corrected chi connectivity index (χ3v) is 3.42. The molecule has 3 heteroatoms. The van der Waals surface area contributed by atoms with Crippen molar-refractivity contribution in [3.8, 4) is 0 Å². The molecular weight excluding hydrogens is 236 g/mol. The molecule has 0 radical (unpaired) electrons. The highest BCUT2D eigenvalue weighted by Crippen LogP contribution is 2.22. The van der Waals surface area contributed by atoms with Crippen LogP contribution in [0.3, 0.4) is 0 Å². The lowest BCUT2D eigenvalue weighted by molar-refractivity contribution is -0.129. The minimum Gasteiger partial charge on any atom is -0.358 e. The molecule has 3 nitrogen and oxygen atoms in total. The number of fused-ring (bicyclic) bond motifs is 1. The summed E-state index contributed by atoms with van der Waals surface area (Å²) in [5.41, 5.74) is 3.32. The van der Waals surface area contributed by atoms with Gasteiger partial charge in [0, 0.05) is 30.2 Å². The number of para-hydroxylation sites is 1. The van der Waals surface area contributed by atoms with Crippen LogP contribution in [0, 0.1) is 12.8 Å². The quantitative estimate of drug-likeness (QED) is 0.898. The first-order valence-corrected chi connectivity index (χ1v) is 6.79. The van der Waals surface area contributed by atoms with Gasteiger partial charge >= 0.3 is 0 Å². The van der Waals surface area contributed by atoms with Gasteiger partial charge in [-0.05, 0) is 24.5 Å². The lowest BCUT2D eigenvalue weighted by atomic mass is 10.1. The van der Waals surface area contributed by atoms with Crippen molar-refractivity contribution in [2.24, 2.45) is 5.92 Å².